The summed E-state index contributed by atoms with van der Waals surface area (Å²) in [7, 11) is 0. The van der Waals surface area contributed by atoms with Gasteiger partial charge in [0.15, 0.2) is 0 Å². The Bertz CT molecular complexity index is 759. The molecule has 5 nitrogen and oxygen atoms in total. The van der Waals surface area contributed by atoms with E-state index in [1.165, 1.54) is 0 Å². The summed E-state index contributed by atoms with van der Waals surface area (Å²) < 4.78 is 1.98. The standard InChI is InChI=1S/C16H19Cl2N3O2/c1-7-4-13(15(23)14(7)22)21-12-6-10(18)9(17)5-11(12)20-16(21)19-8-2-3-8/h5-8,13-15,22-23H,2-4H2,1H3,(H,19,20)/t7?,13-,14?,15?/m0/s1. The zero-order valence-electron chi connectivity index (χ0n) is 12.7. The molecule has 4 rings (SSSR count). The van der Waals surface area contributed by atoms with E-state index in [-0.39, 0.29) is 12.0 Å². The summed E-state index contributed by atoms with van der Waals surface area (Å²) in [6.45, 7) is 1.95. The summed E-state index contributed by atoms with van der Waals surface area (Å²) in [6.07, 6.45) is 1.38. The van der Waals surface area contributed by atoms with E-state index in [1.807, 2.05) is 11.5 Å². The average Bonchev–Trinajstić information content (AvgIpc) is 3.21. The number of fused-ring (bicyclic) bond motifs is 1. The molecule has 3 N–H and O–H groups in total. The summed E-state index contributed by atoms with van der Waals surface area (Å²) in [5.74, 6) is 0.746. The summed E-state index contributed by atoms with van der Waals surface area (Å²) >= 11 is 12.3. The number of nitrogens with zero attached hydrogens (tertiary/aromatic N) is 2. The zero-order chi connectivity index (χ0) is 16.3. The van der Waals surface area contributed by atoms with Crippen molar-refractivity contribution in [1.82, 2.24) is 9.55 Å². The third-order valence-electron chi connectivity index (χ3n) is 4.91. The zero-order valence-corrected chi connectivity index (χ0v) is 14.2. The van der Waals surface area contributed by atoms with Gasteiger partial charge in [0.2, 0.25) is 5.95 Å². The van der Waals surface area contributed by atoms with Crippen LogP contribution < -0.4 is 5.32 Å². The molecule has 124 valence electrons. The van der Waals surface area contributed by atoms with Gasteiger partial charge in [-0.25, -0.2) is 4.98 Å². The van der Waals surface area contributed by atoms with Crippen LogP contribution in [0.3, 0.4) is 0 Å². The van der Waals surface area contributed by atoms with Crippen LogP contribution in [0.1, 0.15) is 32.2 Å². The lowest BCUT2D eigenvalue weighted by molar-refractivity contribution is 0.00998. The Labute approximate surface area is 144 Å². The molecule has 0 radical (unpaired) electrons. The van der Waals surface area contributed by atoms with Crippen molar-refractivity contribution in [2.75, 3.05) is 5.32 Å². The van der Waals surface area contributed by atoms with Gasteiger partial charge in [-0.15, -0.1) is 0 Å². The highest BCUT2D eigenvalue weighted by molar-refractivity contribution is 6.42. The largest absolute Gasteiger partial charge is 0.390 e. The molecule has 1 heterocycles. The Morgan fingerprint density at radius 2 is 1.87 bits per heavy atom. The first-order chi connectivity index (χ1) is 11.0. The highest BCUT2D eigenvalue weighted by Gasteiger charge is 2.42. The van der Waals surface area contributed by atoms with Crippen molar-refractivity contribution in [3.8, 4) is 0 Å². The molecule has 3 unspecified atom stereocenters. The van der Waals surface area contributed by atoms with E-state index in [1.54, 1.807) is 12.1 Å². The number of halogens is 2. The van der Waals surface area contributed by atoms with Gasteiger partial charge in [-0.2, -0.15) is 0 Å². The number of imidazole rings is 1. The van der Waals surface area contributed by atoms with Gasteiger partial charge < -0.3 is 20.1 Å². The molecule has 2 aliphatic rings. The summed E-state index contributed by atoms with van der Waals surface area (Å²) in [5, 5.41) is 24.9. The number of aliphatic hydroxyl groups excluding tert-OH is 2. The van der Waals surface area contributed by atoms with Gasteiger partial charge in [0.1, 0.15) is 6.10 Å². The van der Waals surface area contributed by atoms with E-state index in [0.29, 0.717) is 28.5 Å². The van der Waals surface area contributed by atoms with Crippen molar-refractivity contribution in [3.63, 3.8) is 0 Å². The molecular weight excluding hydrogens is 337 g/mol. The first-order valence-corrected chi connectivity index (χ1v) is 8.71. The molecule has 0 spiro atoms. The predicted octanol–water partition coefficient (Wildman–Crippen LogP) is 3.22. The van der Waals surface area contributed by atoms with Crippen molar-refractivity contribution < 1.29 is 10.2 Å². The molecule has 2 fully saturated rings. The van der Waals surface area contributed by atoms with E-state index in [2.05, 4.69) is 10.3 Å². The van der Waals surface area contributed by atoms with Crippen molar-refractivity contribution >= 4 is 40.2 Å². The highest BCUT2D eigenvalue weighted by Crippen LogP contribution is 2.41. The second-order valence-electron chi connectivity index (χ2n) is 6.74. The molecule has 7 heteroatoms. The van der Waals surface area contributed by atoms with Crippen molar-refractivity contribution in [2.24, 2.45) is 5.92 Å². The second kappa shape index (κ2) is 5.52. The topological polar surface area (TPSA) is 70.3 Å². The van der Waals surface area contributed by atoms with E-state index in [4.69, 9.17) is 23.2 Å². The molecule has 4 atom stereocenters. The van der Waals surface area contributed by atoms with E-state index in [0.717, 1.165) is 23.9 Å². The van der Waals surface area contributed by atoms with E-state index < -0.39 is 12.2 Å². The number of aliphatic hydroxyl groups is 2. The number of benzene rings is 1. The Hall–Kier alpha value is -1.01. The van der Waals surface area contributed by atoms with Gasteiger partial charge in [-0.05, 0) is 37.3 Å². The number of hydrogen-bond donors (Lipinski definition) is 3. The smallest absolute Gasteiger partial charge is 0.204 e. The van der Waals surface area contributed by atoms with Gasteiger partial charge in [0, 0.05) is 6.04 Å². The van der Waals surface area contributed by atoms with E-state index in [9.17, 15) is 10.2 Å². The Morgan fingerprint density at radius 1 is 1.17 bits per heavy atom. The Kier molecular flexibility index (Phi) is 3.72. The molecule has 0 bridgehead atoms. The number of nitrogens with one attached hydrogen (secondary N) is 1. The summed E-state index contributed by atoms with van der Waals surface area (Å²) in [5.41, 5.74) is 1.57. The Morgan fingerprint density at radius 3 is 2.48 bits per heavy atom. The van der Waals surface area contributed by atoms with Crippen LogP contribution in [-0.2, 0) is 0 Å². The van der Waals surface area contributed by atoms with Gasteiger partial charge >= 0.3 is 0 Å². The van der Waals surface area contributed by atoms with Crippen molar-refractivity contribution in [3.05, 3.63) is 22.2 Å². The van der Waals surface area contributed by atoms with Crippen LogP contribution in [0.15, 0.2) is 12.1 Å². The van der Waals surface area contributed by atoms with Crippen LogP contribution >= 0.6 is 23.2 Å². The maximum atomic E-state index is 10.5. The first kappa shape index (κ1) is 15.5. The average molecular weight is 356 g/mol. The van der Waals surface area contributed by atoms with Crippen molar-refractivity contribution in [1.29, 1.82) is 0 Å². The summed E-state index contributed by atoms with van der Waals surface area (Å²) in [4.78, 5) is 4.64. The minimum atomic E-state index is -0.823. The van der Waals surface area contributed by atoms with Gasteiger partial charge in [0.25, 0.3) is 0 Å². The quantitative estimate of drug-likeness (QED) is 0.790. The predicted molar refractivity (Wildman–Crippen MR) is 91.2 cm³/mol. The van der Waals surface area contributed by atoms with Crippen LogP contribution in [0.25, 0.3) is 11.0 Å². The molecule has 2 aliphatic carbocycles. The molecule has 2 aromatic rings. The van der Waals surface area contributed by atoms with Crippen LogP contribution in [-0.4, -0.2) is 38.0 Å². The van der Waals surface area contributed by atoms with Crippen LogP contribution in [0.2, 0.25) is 10.0 Å². The van der Waals surface area contributed by atoms with Crippen molar-refractivity contribution in [2.45, 2.75) is 50.5 Å². The maximum Gasteiger partial charge on any atom is 0.204 e. The van der Waals surface area contributed by atoms with Crippen LogP contribution in [0, 0.1) is 5.92 Å². The lowest BCUT2D eigenvalue weighted by Crippen LogP contribution is -2.29. The third-order valence-corrected chi connectivity index (χ3v) is 5.64. The molecule has 0 aliphatic heterocycles. The Balaban J connectivity index is 1.86. The number of hydrogen-bond acceptors (Lipinski definition) is 4. The lowest BCUT2D eigenvalue weighted by Gasteiger charge is -2.21. The molecule has 0 amide bonds. The third kappa shape index (κ3) is 2.60. The first-order valence-electron chi connectivity index (χ1n) is 7.95. The normalized spacial score (nSPS) is 31.0. The molecular formula is C16H19Cl2N3O2. The minimum Gasteiger partial charge on any atom is -0.390 e. The molecule has 1 aromatic heterocycles. The highest BCUT2D eigenvalue weighted by atomic mass is 35.5. The molecule has 23 heavy (non-hydrogen) atoms. The molecule has 0 saturated heterocycles. The van der Waals surface area contributed by atoms with Gasteiger partial charge in [0.05, 0.1) is 33.2 Å². The lowest BCUT2D eigenvalue weighted by atomic mass is 10.1. The number of rotatable bonds is 3. The monoisotopic (exact) mass is 355 g/mol. The van der Waals surface area contributed by atoms with Gasteiger partial charge in [-0.3, -0.25) is 0 Å². The van der Waals surface area contributed by atoms with E-state index >= 15 is 0 Å². The molecule has 2 saturated carbocycles. The number of aromatic nitrogens is 2. The van der Waals surface area contributed by atoms with Gasteiger partial charge in [-0.1, -0.05) is 30.1 Å². The maximum absolute atomic E-state index is 10.5. The fourth-order valence-corrected chi connectivity index (χ4v) is 3.74. The SMILES string of the molecule is CC1C[C@H](n2c(NC3CC3)nc3cc(Cl)c(Cl)cc32)C(O)C1O. The second-order valence-corrected chi connectivity index (χ2v) is 7.55. The minimum absolute atomic E-state index is 0.0315. The fraction of sp³-hybridized carbons (Fsp3) is 0.562. The fourth-order valence-electron chi connectivity index (χ4n) is 3.42. The number of anilines is 1. The summed E-state index contributed by atoms with van der Waals surface area (Å²) in [6, 6.07) is 3.72. The van der Waals surface area contributed by atoms with Crippen LogP contribution in [0.5, 0.6) is 0 Å². The molecule has 1 aromatic carbocycles. The van der Waals surface area contributed by atoms with Crippen LogP contribution in [0.4, 0.5) is 5.95 Å².